The van der Waals surface area contributed by atoms with Crippen molar-refractivity contribution in [2.75, 3.05) is 43.7 Å². The van der Waals surface area contributed by atoms with Gasteiger partial charge in [0.2, 0.25) is 5.78 Å². The van der Waals surface area contributed by atoms with Gasteiger partial charge in [-0.2, -0.15) is 0 Å². The van der Waals surface area contributed by atoms with Crippen LogP contribution in [0.4, 0.5) is 27.5 Å². The first-order chi connectivity index (χ1) is 21.9. The monoisotopic (exact) mass is 670 g/mol. The second-order valence-electron chi connectivity index (χ2n) is 12.0. The Hall–Kier alpha value is -5.19. The van der Waals surface area contributed by atoms with Crippen LogP contribution < -0.4 is 21.3 Å². The smallest absolute Gasteiger partial charge is 0.323 e. The lowest BCUT2D eigenvalue weighted by atomic mass is 9.57. The number of anilines is 3. The Kier molecular flexibility index (Phi) is 8.16. The number of nitrogens with two attached hydrogens (primary N) is 1. The molecule has 0 unspecified atom stereocenters. The number of fused-ring (bicyclic) bond motifs is 3. The van der Waals surface area contributed by atoms with Crippen molar-refractivity contribution >= 4 is 63.6 Å². The number of amides is 3. The second-order valence-corrected chi connectivity index (χ2v) is 12.4. The van der Waals surface area contributed by atoms with Gasteiger partial charge in [-0.1, -0.05) is 11.6 Å². The van der Waals surface area contributed by atoms with Gasteiger partial charge in [-0.3, -0.25) is 29.4 Å². The number of nitro groups is 1. The number of primary amides is 1. The van der Waals surface area contributed by atoms with Crippen LogP contribution in [0.2, 0.25) is 5.02 Å². The summed E-state index contributed by atoms with van der Waals surface area (Å²) in [6, 6.07) is 2.76. The number of aliphatic hydroxyl groups excluding tert-OH is 2. The van der Waals surface area contributed by atoms with Crippen LogP contribution in [-0.2, 0) is 20.8 Å². The molecule has 47 heavy (non-hydrogen) atoms. The van der Waals surface area contributed by atoms with Crippen LogP contribution in [0.3, 0.4) is 0 Å². The molecule has 1 saturated carbocycles. The fourth-order valence-corrected chi connectivity index (χ4v) is 6.99. The Labute approximate surface area is 271 Å². The predicted molar refractivity (Wildman–Crippen MR) is 169 cm³/mol. The highest BCUT2D eigenvalue weighted by Crippen LogP contribution is 2.54. The minimum absolute atomic E-state index is 0.0268. The molecule has 248 valence electrons. The van der Waals surface area contributed by atoms with E-state index in [4.69, 9.17) is 17.3 Å². The molecule has 0 aromatic heterocycles. The predicted octanol–water partition coefficient (Wildman–Crippen LogP) is 2.24. The topological polar surface area (TPSA) is 249 Å². The number of aliphatic hydroxyl groups is 3. The standard InChI is InChI=1S/C30H31ClN6O10/c1-35(2)17-10-16(34-29(44)33-15-6-5-12(31)9-18(15)37(46)47)23(38)20-13(17)7-11-8-14-22(36(3)4)25(40)21(28(32)43)27(42)30(14,45)26(41)19(11)24(20)39/h5-6,9-11,14,22,38-39,42,45H,7-8H2,1-4H3,(H2,32,43)(H2,33,34,44)/t11-,14-,22-,30+/m1/s1. The molecule has 3 amide bonds. The number of phenols is 1. The average Bonchev–Trinajstić information content (AvgIpc) is 2.96. The highest BCUT2D eigenvalue weighted by Gasteiger charge is 2.64. The summed E-state index contributed by atoms with van der Waals surface area (Å²) in [5.74, 6) is -8.06. The van der Waals surface area contributed by atoms with E-state index >= 15 is 0 Å². The average molecular weight is 671 g/mol. The number of ketones is 2. The lowest BCUT2D eigenvalue weighted by Crippen LogP contribution is -2.65. The van der Waals surface area contributed by atoms with Crippen LogP contribution in [0.25, 0.3) is 5.76 Å². The molecule has 2 aromatic carbocycles. The SMILES string of the molecule is CN(C)c1cc(NC(=O)Nc2ccc(Cl)cc2[N+](=O)[O-])c(O)c2c1C[C@@H]1C[C@@H]3[C@@H](N(C)C)C(=O)C(C(N)=O)=C(O)[C@@]3(O)C(=O)C1=C2O. The molecule has 16 nitrogen and oxygen atoms in total. The summed E-state index contributed by atoms with van der Waals surface area (Å²) >= 11 is 5.85. The number of benzene rings is 2. The molecule has 5 rings (SSSR count). The van der Waals surface area contributed by atoms with Crippen LogP contribution in [0.5, 0.6) is 5.75 Å². The summed E-state index contributed by atoms with van der Waals surface area (Å²) in [5, 5.41) is 62.1. The summed E-state index contributed by atoms with van der Waals surface area (Å²) < 4.78 is 0. The molecule has 3 aliphatic rings. The van der Waals surface area contributed by atoms with Crippen molar-refractivity contribution in [1.82, 2.24) is 4.90 Å². The number of nitrogens with zero attached hydrogens (tertiary/aromatic N) is 3. The van der Waals surface area contributed by atoms with Crippen LogP contribution in [0.1, 0.15) is 17.5 Å². The number of phenolic OH excluding ortho intramolecular Hbond substituents is 1. The summed E-state index contributed by atoms with van der Waals surface area (Å²) in [4.78, 5) is 66.3. The van der Waals surface area contributed by atoms with Gasteiger partial charge in [0.1, 0.15) is 22.8 Å². The molecular formula is C30H31ClN6O10. The van der Waals surface area contributed by atoms with E-state index in [0.29, 0.717) is 11.3 Å². The first-order valence-electron chi connectivity index (χ1n) is 14.1. The fraction of sp³-hybridized carbons (Fsp3) is 0.333. The number of hydrogen-bond acceptors (Lipinski definition) is 12. The lowest BCUT2D eigenvalue weighted by molar-refractivity contribution is -0.383. The minimum atomic E-state index is -2.81. The van der Waals surface area contributed by atoms with Gasteiger partial charge in [0.25, 0.3) is 11.6 Å². The van der Waals surface area contributed by atoms with Crippen LogP contribution in [-0.4, -0.2) is 93.6 Å². The Morgan fingerprint density at radius 1 is 1.09 bits per heavy atom. The Balaban J connectivity index is 1.62. The van der Waals surface area contributed by atoms with Gasteiger partial charge in [-0.15, -0.1) is 0 Å². The molecule has 4 atom stereocenters. The molecule has 0 saturated heterocycles. The number of carbonyl (C=O) groups is 4. The molecule has 0 spiro atoms. The Morgan fingerprint density at radius 2 is 1.72 bits per heavy atom. The van der Waals surface area contributed by atoms with Crippen LogP contribution >= 0.6 is 11.6 Å². The number of rotatable bonds is 6. The Morgan fingerprint density at radius 3 is 2.30 bits per heavy atom. The van der Waals surface area contributed by atoms with Crippen molar-refractivity contribution in [3.63, 3.8) is 0 Å². The molecule has 17 heteroatoms. The summed E-state index contributed by atoms with van der Waals surface area (Å²) in [6.07, 6.45) is -0.0687. The molecule has 0 radical (unpaired) electrons. The minimum Gasteiger partial charge on any atom is -0.508 e. The summed E-state index contributed by atoms with van der Waals surface area (Å²) in [5.41, 5.74) is 0.851. The van der Waals surface area contributed by atoms with Crippen LogP contribution in [0, 0.1) is 22.0 Å². The third-order valence-corrected chi connectivity index (χ3v) is 9.07. The zero-order valence-electron chi connectivity index (χ0n) is 25.5. The van der Waals surface area contributed by atoms with Gasteiger partial charge in [-0.05, 0) is 56.6 Å². The van der Waals surface area contributed by atoms with Crippen molar-refractivity contribution in [1.29, 1.82) is 0 Å². The van der Waals surface area contributed by atoms with E-state index in [9.17, 15) is 49.7 Å². The molecule has 0 bridgehead atoms. The number of urea groups is 1. The van der Waals surface area contributed by atoms with Gasteiger partial charge >= 0.3 is 6.03 Å². The van der Waals surface area contributed by atoms with E-state index in [1.54, 1.807) is 19.0 Å². The van der Waals surface area contributed by atoms with Crippen LogP contribution in [0.15, 0.2) is 41.2 Å². The second kappa shape index (κ2) is 11.6. The van der Waals surface area contributed by atoms with E-state index < -0.39 is 80.4 Å². The molecule has 3 aliphatic carbocycles. The summed E-state index contributed by atoms with van der Waals surface area (Å²) in [7, 11) is 6.33. The number of hydrogen-bond donors (Lipinski definition) is 7. The van der Waals surface area contributed by atoms with Gasteiger partial charge in [-0.25, -0.2) is 4.79 Å². The number of carbonyl (C=O) groups excluding carboxylic acids is 4. The molecule has 1 fully saturated rings. The maximum atomic E-state index is 14.1. The maximum Gasteiger partial charge on any atom is 0.323 e. The third kappa shape index (κ3) is 5.10. The quantitative estimate of drug-likeness (QED) is 0.101. The number of nitrogens with one attached hydrogen (secondary N) is 2. The number of nitro benzene ring substituents is 1. The first kappa shape index (κ1) is 33.2. The van der Waals surface area contributed by atoms with Crippen molar-refractivity contribution in [2.24, 2.45) is 17.6 Å². The van der Waals surface area contributed by atoms with E-state index in [2.05, 4.69) is 10.6 Å². The fourth-order valence-electron chi connectivity index (χ4n) is 6.82. The zero-order chi connectivity index (χ0) is 34.9. The third-order valence-electron chi connectivity index (χ3n) is 8.83. The number of aromatic hydroxyl groups is 1. The van der Waals surface area contributed by atoms with E-state index in [1.165, 1.54) is 37.2 Å². The lowest BCUT2D eigenvalue weighted by Gasteiger charge is -2.50. The molecule has 0 heterocycles. The van der Waals surface area contributed by atoms with Crippen molar-refractivity contribution < 1.29 is 44.5 Å². The van der Waals surface area contributed by atoms with Crippen molar-refractivity contribution in [3.05, 3.63) is 67.4 Å². The van der Waals surface area contributed by atoms with Gasteiger partial charge in [0.15, 0.2) is 17.1 Å². The number of Topliss-reactive ketones (excluding diaryl/α,β-unsaturated/α-hetero) is 2. The van der Waals surface area contributed by atoms with Gasteiger partial charge in [0, 0.05) is 42.4 Å². The Bertz CT molecular complexity index is 1850. The molecular weight excluding hydrogens is 640 g/mol. The van der Waals surface area contributed by atoms with Crippen molar-refractivity contribution in [2.45, 2.75) is 24.5 Å². The number of halogens is 1. The molecule has 8 N–H and O–H groups in total. The zero-order valence-corrected chi connectivity index (χ0v) is 26.2. The van der Waals surface area contributed by atoms with E-state index in [1.807, 2.05) is 0 Å². The normalized spacial score (nSPS) is 23.6. The van der Waals surface area contributed by atoms with E-state index in [0.717, 1.165) is 6.07 Å². The van der Waals surface area contributed by atoms with E-state index in [-0.39, 0.29) is 40.4 Å². The molecule has 2 aromatic rings. The largest absolute Gasteiger partial charge is 0.508 e. The maximum absolute atomic E-state index is 14.1. The number of likely N-dealkylation sites (N-methyl/N-ethyl adjacent to an activating group) is 1. The van der Waals surface area contributed by atoms with Gasteiger partial charge in [0.05, 0.1) is 22.2 Å². The highest BCUT2D eigenvalue weighted by atomic mass is 35.5. The molecule has 0 aliphatic heterocycles. The first-order valence-corrected chi connectivity index (χ1v) is 14.5. The van der Waals surface area contributed by atoms with Gasteiger partial charge < -0.3 is 41.7 Å². The highest BCUT2D eigenvalue weighted by molar-refractivity contribution is 6.31. The van der Waals surface area contributed by atoms with Crippen molar-refractivity contribution in [3.8, 4) is 5.75 Å². The summed E-state index contributed by atoms with van der Waals surface area (Å²) in [6.45, 7) is 0.